The van der Waals surface area contributed by atoms with Crippen LogP contribution >= 0.6 is 0 Å². The van der Waals surface area contributed by atoms with Crippen molar-refractivity contribution in [3.8, 4) is 5.75 Å². The largest absolute Gasteiger partial charge is 0.484 e. The highest BCUT2D eigenvalue weighted by Crippen LogP contribution is 2.18. The van der Waals surface area contributed by atoms with Crippen molar-refractivity contribution < 1.29 is 14.5 Å². The lowest BCUT2D eigenvalue weighted by atomic mass is 10.3. The molecule has 1 aromatic carbocycles. The number of carbonyl (C=O) groups is 1. The van der Waals surface area contributed by atoms with E-state index in [1.165, 1.54) is 18.2 Å². The molecule has 0 saturated heterocycles. The zero-order valence-electron chi connectivity index (χ0n) is 9.09. The summed E-state index contributed by atoms with van der Waals surface area (Å²) in [7, 11) is 0. The summed E-state index contributed by atoms with van der Waals surface area (Å²) in [6.07, 6.45) is 1.55. The first-order chi connectivity index (χ1) is 8.13. The summed E-state index contributed by atoms with van der Waals surface area (Å²) >= 11 is 0. The fourth-order valence-corrected chi connectivity index (χ4v) is 1.07. The monoisotopic (exact) mass is 236 g/mol. The molecule has 0 bridgehead atoms. The van der Waals surface area contributed by atoms with E-state index in [4.69, 9.17) is 4.74 Å². The van der Waals surface area contributed by atoms with Crippen molar-refractivity contribution in [3.63, 3.8) is 0 Å². The molecule has 1 amide bonds. The van der Waals surface area contributed by atoms with Crippen LogP contribution in [0.4, 0.5) is 5.69 Å². The quantitative estimate of drug-likeness (QED) is 0.458. The maximum atomic E-state index is 11.2. The van der Waals surface area contributed by atoms with Crippen molar-refractivity contribution in [2.45, 2.75) is 0 Å². The lowest BCUT2D eigenvalue weighted by Crippen LogP contribution is -2.28. The van der Waals surface area contributed by atoms with Crippen LogP contribution < -0.4 is 10.1 Å². The van der Waals surface area contributed by atoms with Crippen molar-refractivity contribution >= 4 is 11.6 Å². The van der Waals surface area contributed by atoms with E-state index >= 15 is 0 Å². The number of non-ortho nitro benzene ring substituents is 1. The molecule has 0 unspecified atom stereocenters. The van der Waals surface area contributed by atoms with Crippen molar-refractivity contribution in [3.05, 3.63) is 47.0 Å². The minimum atomic E-state index is -0.523. The zero-order valence-corrected chi connectivity index (χ0v) is 9.09. The number of carbonyl (C=O) groups excluding carboxylic acids is 1. The first kappa shape index (κ1) is 12.7. The van der Waals surface area contributed by atoms with E-state index in [0.717, 1.165) is 0 Å². The predicted molar refractivity (Wildman–Crippen MR) is 61.8 cm³/mol. The second-order valence-corrected chi connectivity index (χ2v) is 3.14. The molecule has 0 atom stereocenters. The second kappa shape index (κ2) is 6.26. The summed E-state index contributed by atoms with van der Waals surface area (Å²) in [5.74, 6) is -0.0237. The molecule has 1 rings (SSSR count). The standard InChI is InChI=1S/C11H12N2O4/c1-2-6-12-11(14)8-17-10-5-3-4-9(7-10)13(15)16/h2-5,7H,1,6,8H2,(H,12,14). The first-order valence-electron chi connectivity index (χ1n) is 4.88. The maximum Gasteiger partial charge on any atom is 0.273 e. The lowest BCUT2D eigenvalue weighted by Gasteiger charge is -2.05. The van der Waals surface area contributed by atoms with Gasteiger partial charge in [0.25, 0.3) is 11.6 Å². The summed E-state index contributed by atoms with van der Waals surface area (Å²) in [5.41, 5.74) is -0.0750. The molecule has 0 radical (unpaired) electrons. The fraction of sp³-hybridized carbons (Fsp3) is 0.182. The molecule has 0 aliphatic rings. The number of ether oxygens (including phenoxy) is 1. The Labute approximate surface area is 98.0 Å². The van der Waals surface area contributed by atoms with Crippen molar-refractivity contribution in [2.24, 2.45) is 0 Å². The minimum absolute atomic E-state index is 0.0750. The molecular weight excluding hydrogens is 224 g/mol. The van der Waals surface area contributed by atoms with Crippen LogP contribution in [0.3, 0.4) is 0 Å². The highest BCUT2D eigenvalue weighted by atomic mass is 16.6. The molecule has 0 aromatic heterocycles. The van der Waals surface area contributed by atoms with Crippen LogP contribution in [-0.4, -0.2) is 24.0 Å². The number of nitrogens with zero attached hydrogens (tertiary/aromatic N) is 1. The number of nitro groups is 1. The Morgan fingerprint density at radius 2 is 2.35 bits per heavy atom. The summed E-state index contributed by atoms with van der Waals surface area (Å²) in [4.78, 5) is 21.1. The Hall–Kier alpha value is -2.37. The topological polar surface area (TPSA) is 81.5 Å². The Bertz CT molecular complexity index is 431. The molecule has 0 spiro atoms. The fourth-order valence-electron chi connectivity index (χ4n) is 1.07. The van der Waals surface area contributed by atoms with Crippen LogP contribution in [0.5, 0.6) is 5.75 Å². The van der Waals surface area contributed by atoms with Crippen LogP contribution in [0, 0.1) is 10.1 Å². The Balaban J connectivity index is 2.51. The highest BCUT2D eigenvalue weighted by Gasteiger charge is 2.07. The van der Waals surface area contributed by atoms with Crippen LogP contribution in [0.15, 0.2) is 36.9 Å². The van der Waals surface area contributed by atoms with Gasteiger partial charge in [-0.05, 0) is 6.07 Å². The number of hydrogen-bond acceptors (Lipinski definition) is 4. The molecule has 0 saturated carbocycles. The smallest absolute Gasteiger partial charge is 0.273 e. The van der Waals surface area contributed by atoms with E-state index in [0.29, 0.717) is 6.54 Å². The number of rotatable bonds is 6. The molecule has 17 heavy (non-hydrogen) atoms. The maximum absolute atomic E-state index is 11.2. The van der Waals surface area contributed by atoms with E-state index < -0.39 is 4.92 Å². The van der Waals surface area contributed by atoms with Gasteiger partial charge in [0.15, 0.2) is 6.61 Å². The summed E-state index contributed by atoms with van der Waals surface area (Å²) < 4.78 is 5.10. The van der Waals surface area contributed by atoms with Gasteiger partial charge in [-0.15, -0.1) is 6.58 Å². The summed E-state index contributed by atoms with van der Waals surface area (Å²) in [6, 6.07) is 5.66. The molecule has 90 valence electrons. The van der Waals surface area contributed by atoms with Gasteiger partial charge >= 0.3 is 0 Å². The lowest BCUT2D eigenvalue weighted by molar-refractivity contribution is -0.384. The van der Waals surface area contributed by atoms with Gasteiger partial charge in [0, 0.05) is 12.6 Å². The van der Waals surface area contributed by atoms with Gasteiger partial charge < -0.3 is 10.1 Å². The molecule has 0 fully saturated rings. The minimum Gasteiger partial charge on any atom is -0.484 e. The van der Waals surface area contributed by atoms with E-state index in [1.54, 1.807) is 12.1 Å². The van der Waals surface area contributed by atoms with Gasteiger partial charge in [0.05, 0.1) is 11.0 Å². The van der Waals surface area contributed by atoms with Crippen LogP contribution in [0.1, 0.15) is 0 Å². The van der Waals surface area contributed by atoms with Crippen molar-refractivity contribution in [1.82, 2.24) is 5.32 Å². The molecule has 0 aliphatic heterocycles. The number of hydrogen-bond donors (Lipinski definition) is 1. The Kier molecular flexibility index (Phi) is 4.68. The molecule has 0 aliphatic carbocycles. The molecule has 6 nitrogen and oxygen atoms in total. The van der Waals surface area contributed by atoms with Crippen molar-refractivity contribution in [1.29, 1.82) is 0 Å². The normalized spacial score (nSPS) is 9.41. The zero-order chi connectivity index (χ0) is 12.7. The molecule has 1 N–H and O–H groups in total. The average molecular weight is 236 g/mol. The predicted octanol–water partition coefficient (Wildman–Crippen LogP) is 1.28. The summed E-state index contributed by atoms with van der Waals surface area (Å²) in [6.45, 7) is 3.62. The van der Waals surface area contributed by atoms with E-state index in [-0.39, 0.29) is 24.0 Å². The molecule has 1 aromatic rings. The number of nitrogens with one attached hydrogen (secondary N) is 1. The summed E-state index contributed by atoms with van der Waals surface area (Å²) in [5, 5.41) is 13.0. The average Bonchev–Trinajstić information content (AvgIpc) is 2.34. The third-order valence-electron chi connectivity index (χ3n) is 1.84. The second-order valence-electron chi connectivity index (χ2n) is 3.14. The van der Waals surface area contributed by atoms with E-state index in [9.17, 15) is 14.9 Å². The third kappa shape index (κ3) is 4.33. The Morgan fingerprint density at radius 3 is 3.00 bits per heavy atom. The van der Waals surface area contributed by atoms with Crippen LogP contribution in [0.2, 0.25) is 0 Å². The first-order valence-corrected chi connectivity index (χ1v) is 4.88. The number of benzene rings is 1. The van der Waals surface area contributed by atoms with Gasteiger partial charge in [0.2, 0.25) is 0 Å². The van der Waals surface area contributed by atoms with E-state index in [2.05, 4.69) is 11.9 Å². The van der Waals surface area contributed by atoms with E-state index in [1.807, 2.05) is 0 Å². The molecule has 0 heterocycles. The van der Waals surface area contributed by atoms with Crippen LogP contribution in [0.25, 0.3) is 0 Å². The SMILES string of the molecule is C=CCNC(=O)COc1cccc([N+](=O)[O-])c1. The van der Waals surface area contributed by atoms with Gasteiger partial charge in [-0.3, -0.25) is 14.9 Å². The van der Waals surface area contributed by atoms with Gasteiger partial charge in [-0.2, -0.15) is 0 Å². The number of nitro benzene ring substituents is 1. The van der Waals surface area contributed by atoms with Gasteiger partial charge in [-0.1, -0.05) is 12.1 Å². The molecule has 6 heteroatoms. The number of amides is 1. The van der Waals surface area contributed by atoms with Crippen LogP contribution in [-0.2, 0) is 4.79 Å². The molecular formula is C11H12N2O4. The highest BCUT2D eigenvalue weighted by molar-refractivity contribution is 5.77. The van der Waals surface area contributed by atoms with Gasteiger partial charge in [-0.25, -0.2) is 0 Å². The third-order valence-corrected chi connectivity index (χ3v) is 1.84. The van der Waals surface area contributed by atoms with Gasteiger partial charge in [0.1, 0.15) is 5.75 Å². The van der Waals surface area contributed by atoms with Crippen molar-refractivity contribution in [2.75, 3.05) is 13.2 Å². The Morgan fingerprint density at radius 1 is 1.59 bits per heavy atom.